The summed E-state index contributed by atoms with van der Waals surface area (Å²) in [4.78, 5) is 0. The van der Waals surface area contributed by atoms with Crippen molar-refractivity contribution in [2.24, 2.45) is 0 Å². The van der Waals surface area contributed by atoms with Crippen molar-refractivity contribution >= 4 is 0 Å². The van der Waals surface area contributed by atoms with Crippen LogP contribution in [0.15, 0.2) is 0 Å². The zero-order valence-corrected chi connectivity index (χ0v) is 13.9. The molecular weight excluding hydrogens is 286 g/mol. The van der Waals surface area contributed by atoms with Gasteiger partial charge < -0.3 is 30.1 Å². The van der Waals surface area contributed by atoms with Crippen molar-refractivity contribution in [3.63, 3.8) is 0 Å². The fourth-order valence-electron chi connectivity index (χ4n) is 2.79. The molecule has 0 aliphatic carbocycles. The summed E-state index contributed by atoms with van der Waals surface area (Å²) in [6, 6.07) is -0.498. The number of aliphatic hydroxyl groups excluding tert-OH is 3. The zero-order valence-electron chi connectivity index (χ0n) is 13.9. The second-order valence-electron chi connectivity index (χ2n) is 6.01. The van der Waals surface area contributed by atoms with Gasteiger partial charge in [0.25, 0.3) is 0 Å². The molecule has 1 rings (SSSR count). The Bertz CT molecular complexity index is 279. The summed E-state index contributed by atoms with van der Waals surface area (Å²) in [6.45, 7) is 2.42. The van der Waals surface area contributed by atoms with Crippen molar-refractivity contribution < 1.29 is 24.8 Å². The van der Waals surface area contributed by atoms with Crippen molar-refractivity contribution in [3.05, 3.63) is 0 Å². The lowest BCUT2D eigenvalue weighted by atomic mass is 9.97. The number of hydrogen-bond donors (Lipinski definition) is 4. The number of likely N-dealkylation sites (N-methyl/N-ethyl adjacent to an activating group) is 1. The van der Waals surface area contributed by atoms with E-state index in [-0.39, 0.29) is 6.61 Å². The molecule has 1 saturated heterocycles. The lowest BCUT2D eigenvalue weighted by Gasteiger charge is -2.41. The number of nitrogens with one attached hydrogen (secondary N) is 1. The van der Waals surface area contributed by atoms with Gasteiger partial charge in [0.1, 0.15) is 18.3 Å². The highest BCUT2D eigenvalue weighted by atomic mass is 16.7. The Labute approximate surface area is 133 Å². The van der Waals surface area contributed by atoms with Crippen LogP contribution in [0.5, 0.6) is 0 Å². The molecular formula is C16H33NO5. The first-order valence-corrected chi connectivity index (χ1v) is 8.57. The molecule has 6 nitrogen and oxygen atoms in total. The Morgan fingerprint density at radius 2 is 1.64 bits per heavy atom. The number of unbranched alkanes of at least 4 members (excludes halogenated alkanes) is 6. The summed E-state index contributed by atoms with van der Waals surface area (Å²) in [5.74, 6) is 0. The van der Waals surface area contributed by atoms with Crippen LogP contribution >= 0.6 is 0 Å². The predicted molar refractivity (Wildman–Crippen MR) is 84.6 cm³/mol. The minimum Gasteiger partial charge on any atom is -0.394 e. The Balaban J connectivity index is 2.24. The highest BCUT2D eigenvalue weighted by Gasteiger charge is 2.43. The van der Waals surface area contributed by atoms with Crippen LogP contribution in [0.4, 0.5) is 0 Å². The van der Waals surface area contributed by atoms with Crippen molar-refractivity contribution in [3.8, 4) is 0 Å². The normalized spacial score (nSPS) is 32.3. The van der Waals surface area contributed by atoms with E-state index >= 15 is 0 Å². The lowest BCUT2D eigenvalue weighted by molar-refractivity contribution is -0.270. The standard InChI is InChI=1S/C16H33NO5/c1-3-4-5-6-7-8-9-10-21-16-13(17-2)15(20)14(19)12(11-18)22-16/h12-20H,3-11H2,1-2H3/t12-,13-,14-,15-,16?/m1/s1. The summed E-state index contributed by atoms with van der Waals surface area (Å²) in [5.41, 5.74) is 0. The lowest BCUT2D eigenvalue weighted by Crippen LogP contribution is -2.63. The van der Waals surface area contributed by atoms with Gasteiger partial charge >= 0.3 is 0 Å². The average molecular weight is 319 g/mol. The molecule has 1 fully saturated rings. The van der Waals surface area contributed by atoms with E-state index in [0.717, 1.165) is 12.8 Å². The zero-order chi connectivity index (χ0) is 16.4. The minimum absolute atomic E-state index is 0.341. The largest absolute Gasteiger partial charge is 0.394 e. The summed E-state index contributed by atoms with van der Waals surface area (Å²) >= 11 is 0. The molecule has 6 heteroatoms. The van der Waals surface area contributed by atoms with E-state index in [9.17, 15) is 15.3 Å². The van der Waals surface area contributed by atoms with E-state index in [2.05, 4.69) is 12.2 Å². The average Bonchev–Trinajstić information content (AvgIpc) is 2.53. The van der Waals surface area contributed by atoms with Gasteiger partial charge in [-0.05, 0) is 13.5 Å². The Morgan fingerprint density at radius 1 is 1.00 bits per heavy atom. The molecule has 0 aromatic carbocycles. The SMILES string of the molecule is CCCCCCCCCOC1O[C@H](CO)[C@@H](O)[C@H](O)[C@H]1NC. The van der Waals surface area contributed by atoms with Crippen molar-refractivity contribution in [1.29, 1.82) is 0 Å². The van der Waals surface area contributed by atoms with Crippen LogP contribution in [-0.4, -0.2) is 66.2 Å². The Kier molecular flexibility index (Phi) is 10.2. The summed E-state index contributed by atoms with van der Waals surface area (Å²) < 4.78 is 11.2. The fourth-order valence-corrected chi connectivity index (χ4v) is 2.79. The topological polar surface area (TPSA) is 91.2 Å². The molecule has 1 aliphatic heterocycles. The van der Waals surface area contributed by atoms with Crippen LogP contribution in [0.25, 0.3) is 0 Å². The van der Waals surface area contributed by atoms with Gasteiger partial charge in [-0.2, -0.15) is 0 Å². The number of ether oxygens (including phenoxy) is 2. The molecule has 4 N–H and O–H groups in total. The predicted octanol–water partition coefficient (Wildman–Crippen LogP) is 0.781. The monoisotopic (exact) mass is 319 g/mol. The first-order valence-electron chi connectivity index (χ1n) is 8.57. The molecule has 1 aliphatic rings. The highest BCUT2D eigenvalue weighted by Crippen LogP contribution is 2.22. The van der Waals surface area contributed by atoms with Gasteiger partial charge in [-0.3, -0.25) is 0 Å². The van der Waals surface area contributed by atoms with E-state index in [1.165, 1.54) is 32.1 Å². The number of hydrogen-bond acceptors (Lipinski definition) is 6. The third-order valence-electron chi connectivity index (χ3n) is 4.24. The molecule has 5 atom stereocenters. The third-order valence-corrected chi connectivity index (χ3v) is 4.24. The van der Waals surface area contributed by atoms with E-state index < -0.39 is 30.6 Å². The van der Waals surface area contributed by atoms with Crippen LogP contribution in [-0.2, 0) is 9.47 Å². The van der Waals surface area contributed by atoms with E-state index in [1.54, 1.807) is 7.05 Å². The molecule has 0 saturated carbocycles. The molecule has 132 valence electrons. The van der Waals surface area contributed by atoms with Gasteiger partial charge in [0, 0.05) is 6.61 Å². The fraction of sp³-hybridized carbons (Fsp3) is 1.00. The third kappa shape index (κ3) is 6.10. The molecule has 1 heterocycles. The second-order valence-corrected chi connectivity index (χ2v) is 6.01. The van der Waals surface area contributed by atoms with E-state index in [0.29, 0.717) is 6.61 Å². The quantitative estimate of drug-likeness (QED) is 0.421. The number of aliphatic hydroxyl groups is 3. The first-order chi connectivity index (χ1) is 10.7. The van der Waals surface area contributed by atoms with Gasteiger partial charge in [0.2, 0.25) is 0 Å². The molecule has 22 heavy (non-hydrogen) atoms. The van der Waals surface area contributed by atoms with Crippen molar-refractivity contribution in [1.82, 2.24) is 5.32 Å². The van der Waals surface area contributed by atoms with Crippen LogP contribution in [0.2, 0.25) is 0 Å². The maximum absolute atomic E-state index is 10.0. The second kappa shape index (κ2) is 11.3. The van der Waals surface area contributed by atoms with Gasteiger partial charge in [0.15, 0.2) is 6.29 Å². The van der Waals surface area contributed by atoms with E-state index in [4.69, 9.17) is 9.47 Å². The summed E-state index contributed by atoms with van der Waals surface area (Å²) in [6.07, 6.45) is 4.82. The Hall–Kier alpha value is -0.240. The molecule has 0 aromatic heterocycles. The van der Waals surface area contributed by atoms with E-state index in [1.807, 2.05) is 0 Å². The van der Waals surface area contributed by atoms with Crippen LogP contribution in [0.1, 0.15) is 51.9 Å². The minimum atomic E-state index is -1.11. The van der Waals surface area contributed by atoms with Crippen LogP contribution in [0, 0.1) is 0 Å². The maximum atomic E-state index is 10.0. The molecule has 0 bridgehead atoms. The van der Waals surface area contributed by atoms with Crippen molar-refractivity contribution in [2.75, 3.05) is 20.3 Å². The molecule has 1 unspecified atom stereocenters. The van der Waals surface area contributed by atoms with Gasteiger partial charge in [-0.25, -0.2) is 0 Å². The molecule has 0 radical (unpaired) electrons. The molecule has 0 spiro atoms. The summed E-state index contributed by atoms with van der Waals surface area (Å²) in [7, 11) is 1.69. The van der Waals surface area contributed by atoms with Crippen LogP contribution < -0.4 is 5.32 Å². The highest BCUT2D eigenvalue weighted by molar-refractivity contribution is 4.92. The van der Waals surface area contributed by atoms with Crippen LogP contribution in [0.3, 0.4) is 0 Å². The molecule has 0 amide bonds. The van der Waals surface area contributed by atoms with Gasteiger partial charge in [-0.1, -0.05) is 45.4 Å². The van der Waals surface area contributed by atoms with Gasteiger partial charge in [-0.15, -0.1) is 0 Å². The smallest absolute Gasteiger partial charge is 0.175 e. The number of rotatable bonds is 11. The summed E-state index contributed by atoms with van der Waals surface area (Å²) in [5, 5.41) is 32.0. The Morgan fingerprint density at radius 3 is 2.23 bits per heavy atom. The first kappa shape index (κ1) is 19.8. The van der Waals surface area contributed by atoms with Gasteiger partial charge in [0.05, 0.1) is 12.6 Å². The molecule has 0 aromatic rings. The maximum Gasteiger partial charge on any atom is 0.175 e. The van der Waals surface area contributed by atoms with Crippen molar-refractivity contribution in [2.45, 2.75) is 82.5 Å².